The Balaban J connectivity index is 2.30. The van der Waals surface area contributed by atoms with Gasteiger partial charge in [0.1, 0.15) is 5.60 Å². The van der Waals surface area contributed by atoms with Crippen molar-refractivity contribution in [2.45, 2.75) is 19.4 Å². The summed E-state index contributed by atoms with van der Waals surface area (Å²) in [5, 5.41) is 0. The summed E-state index contributed by atoms with van der Waals surface area (Å²) in [4.78, 5) is 8.05. The van der Waals surface area contributed by atoms with E-state index in [9.17, 15) is 0 Å². The van der Waals surface area contributed by atoms with Gasteiger partial charge in [0, 0.05) is 23.1 Å². The minimum absolute atomic E-state index is 0.375. The summed E-state index contributed by atoms with van der Waals surface area (Å²) < 4.78 is 6.78. The van der Waals surface area contributed by atoms with Crippen molar-refractivity contribution in [1.82, 2.24) is 9.97 Å². The highest BCUT2D eigenvalue weighted by molar-refractivity contribution is 9.10. The molecule has 0 spiro atoms. The molecule has 0 amide bonds. The standard InChI is InChI=1S/C13H14BrN3O/c1-13(2,9-3-5-16-6-4-9)18-11-7-10(14)8-17-12(11)15/h3-8H,1-2H3,(H2,15,17). The molecule has 2 N–H and O–H groups in total. The molecular formula is C13H14BrN3O. The molecule has 2 aromatic heterocycles. The minimum atomic E-state index is -0.500. The molecule has 0 aliphatic heterocycles. The highest BCUT2D eigenvalue weighted by atomic mass is 79.9. The molecule has 0 aromatic carbocycles. The van der Waals surface area contributed by atoms with Gasteiger partial charge in [-0.25, -0.2) is 4.98 Å². The number of anilines is 1. The van der Waals surface area contributed by atoms with Gasteiger partial charge in [-0.2, -0.15) is 0 Å². The summed E-state index contributed by atoms with van der Waals surface area (Å²) in [6.45, 7) is 3.95. The summed E-state index contributed by atoms with van der Waals surface area (Å²) in [5.74, 6) is 0.937. The molecule has 2 rings (SSSR count). The Morgan fingerprint density at radius 1 is 1.28 bits per heavy atom. The first-order chi connectivity index (χ1) is 8.49. The molecule has 0 saturated carbocycles. The number of hydrogen-bond acceptors (Lipinski definition) is 4. The summed E-state index contributed by atoms with van der Waals surface area (Å²) >= 11 is 3.35. The van der Waals surface area contributed by atoms with Crippen molar-refractivity contribution in [1.29, 1.82) is 0 Å². The molecule has 4 nitrogen and oxygen atoms in total. The first-order valence-corrected chi connectivity index (χ1v) is 6.29. The second-order valence-electron chi connectivity index (χ2n) is 4.39. The SMILES string of the molecule is CC(C)(Oc1cc(Br)cnc1N)c1ccncc1. The molecule has 0 fully saturated rings. The van der Waals surface area contributed by atoms with Crippen LogP contribution in [0, 0.1) is 0 Å². The van der Waals surface area contributed by atoms with E-state index in [2.05, 4.69) is 25.9 Å². The average molecular weight is 308 g/mol. The third-order valence-electron chi connectivity index (χ3n) is 2.59. The van der Waals surface area contributed by atoms with Crippen LogP contribution in [-0.4, -0.2) is 9.97 Å². The Labute approximate surface area is 114 Å². The van der Waals surface area contributed by atoms with Gasteiger partial charge in [-0.15, -0.1) is 0 Å². The maximum absolute atomic E-state index is 5.95. The second-order valence-corrected chi connectivity index (χ2v) is 5.30. The third-order valence-corrected chi connectivity index (χ3v) is 3.02. The largest absolute Gasteiger partial charge is 0.479 e. The van der Waals surface area contributed by atoms with Gasteiger partial charge >= 0.3 is 0 Å². The van der Waals surface area contributed by atoms with Gasteiger partial charge in [0.25, 0.3) is 0 Å². The van der Waals surface area contributed by atoms with Crippen LogP contribution in [0.2, 0.25) is 0 Å². The Hall–Kier alpha value is -1.62. The van der Waals surface area contributed by atoms with E-state index >= 15 is 0 Å². The summed E-state index contributed by atoms with van der Waals surface area (Å²) in [5.41, 5.74) is 6.33. The Morgan fingerprint density at radius 3 is 2.61 bits per heavy atom. The van der Waals surface area contributed by atoms with E-state index in [1.54, 1.807) is 18.6 Å². The lowest BCUT2D eigenvalue weighted by atomic mass is 9.99. The highest BCUT2D eigenvalue weighted by Crippen LogP contribution is 2.31. The van der Waals surface area contributed by atoms with Crippen molar-refractivity contribution in [3.8, 4) is 5.75 Å². The van der Waals surface area contributed by atoms with Crippen LogP contribution >= 0.6 is 15.9 Å². The number of pyridine rings is 2. The first-order valence-electron chi connectivity index (χ1n) is 5.49. The van der Waals surface area contributed by atoms with E-state index in [1.165, 1.54) is 0 Å². The van der Waals surface area contributed by atoms with Crippen molar-refractivity contribution < 1.29 is 4.74 Å². The fraction of sp³-hybridized carbons (Fsp3) is 0.231. The van der Waals surface area contributed by atoms with Gasteiger partial charge in [0.05, 0.1) is 0 Å². The second kappa shape index (κ2) is 4.94. The van der Waals surface area contributed by atoms with Crippen LogP contribution in [0.4, 0.5) is 5.82 Å². The zero-order valence-electron chi connectivity index (χ0n) is 10.2. The van der Waals surface area contributed by atoms with Crippen molar-refractivity contribution in [3.05, 3.63) is 46.8 Å². The van der Waals surface area contributed by atoms with Crippen LogP contribution < -0.4 is 10.5 Å². The van der Waals surface area contributed by atoms with Crippen LogP contribution in [0.3, 0.4) is 0 Å². The fourth-order valence-corrected chi connectivity index (χ4v) is 1.91. The molecule has 94 valence electrons. The van der Waals surface area contributed by atoms with Crippen LogP contribution in [0.1, 0.15) is 19.4 Å². The molecule has 0 radical (unpaired) electrons. The molecular weight excluding hydrogens is 294 g/mol. The third kappa shape index (κ3) is 2.79. The molecule has 2 heterocycles. The molecule has 0 bridgehead atoms. The van der Waals surface area contributed by atoms with E-state index in [0.717, 1.165) is 10.0 Å². The lowest BCUT2D eigenvalue weighted by Gasteiger charge is -2.27. The number of nitrogens with two attached hydrogens (primary N) is 1. The quantitative estimate of drug-likeness (QED) is 0.946. The van der Waals surface area contributed by atoms with Crippen LogP contribution in [-0.2, 0) is 5.60 Å². The highest BCUT2D eigenvalue weighted by Gasteiger charge is 2.23. The van der Waals surface area contributed by atoms with Gasteiger partial charge < -0.3 is 10.5 Å². The topological polar surface area (TPSA) is 61.0 Å². The summed E-state index contributed by atoms with van der Waals surface area (Å²) in [6.07, 6.45) is 5.12. The normalized spacial score (nSPS) is 11.3. The predicted octanol–water partition coefficient (Wildman–Crippen LogP) is 3.14. The summed E-state index contributed by atoms with van der Waals surface area (Å²) in [7, 11) is 0. The van der Waals surface area contributed by atoms with Crippen molar-refractivity contribution >= 4 is 21.7 Å². The molecule has 0 unspecified atom stereocenters. The monoisotopic (exact) mass is 307 g/mol. The maximum Gasteiger partial charge on any atom is 0.166 e. The van der Waals surface area contributed by atoms with Crippen LogP contribution in [0.5, 0.6) is 5.75 Å². The van der Waals surface area contributed by atoms with Gasteiger partial charge in [0.15, 0.2) is 11.6 Å². The molecule has 2 aromatic rings. The number of ether oxygens (including phenoxy) is 1. The van der Waals surface area contributed by atoms with E-state index < -0.39 is 5.60 Å². The smallest absolute Gasteiger partial charge is 0.166 e. The van der Waals surface area contributed by atoms with E-state index in [0.29, 0.717) is 11.6 Å². The lowest BCUT2D eigenvalue weighted by molar-refractivity contribution is 0.109. The zero-order chi connectivity index (χ0) is 13.2. The fourth-order valence-electron chi connectivity index (χ4n) is 1.60. The van der Waals surface area contributed by atoms with Crippen molar-refractivity contribution in [2.24, 2.45) is 0 Å². The number of aromatic nitrogens is 2. The van der Waals surface area contributed by atoms with E-state index in [1.807, 2.05) is 32.0 Å². The van der Waals surface area contributed by atoms with Crippen molar-refractivity contribution in [3.63, 3.8) is 0 Å². The van der Waals surface area contributed by atoms with Crippen LogP contribution in [0.15, 0.2) is 41.3 Å². The van der Waals surface area contributed by atoms with Crippen molar-refractivity contribution in [2.75, 3.05) is 5.73 Å². The molecule has 0 atom stereocenters. The van der Waals surface area contributed by atoms with Gasteiger partial charge in [-0.1, -0.05) is 0 Å². The number of rotatable bonds is 3. The molecule has 0 aliphatic carbocycles. The minimum Gasteiger partial charge on any atom is -0.479 e. The predicted molar refractivity (Wildman–Crippen MR) is 74.2 cm³/mol. The average Bonchev–Trinajstić information content (AvgIpc) is 2.35. The van der Waals surface area contributed by atoms with Gasteiger partial charge in [-0.3, -0.25) is 4.98 Å². The van der Waals surface area contributed by atoms with Gasteiger partial charge in [-0.05, 0) is 53.5 Å². The zero-order valence-corrected chi connectivity index (χ0v) is 11.8. The van der Waals surface area contributed by atoms with E-state index in [-0.39, 0.29) is 0 Å². The molecule has 0 aliphatic rings. The number of halogens is 1. The summed E-state index contributed by atoms with van der Waals surface area (Å²) in [6, 6.07) is 5.65. The number of nitrogens with zero attached hydrogens (tertiary/aromatic N) is 2. The Morgan fingerprint density at radius 2 is 1.94 bits per heavy atom. The first kappa shape index (κ1) is 12.8. The lowest BCUT2D eigenvalue weighted by Crippen LogP contribution is -2.25. The molecule has 0 saturated heterocycles. The Kier molecular flexibility index (Phi) is 3.52. The van der Waals surface area contributed by atoms with E-state index in [4.69, 9.17) is 10.5 Å². The number of hydrogen-bond donors (Lipinski definition) is 1. The van der Waals surface area contributed by atoms with Crippen LogP contribution in [0.25, 0.3) is 0 Å². The molecule has 18 heavy (non-hydrogen) atoms. The molecule has 5 heteroatoms. The maximum atomic E-state index is 5.95. The number of nitrogen functional groups attached to an aromatic ring is 1. The Bertz CT molecular complexity index is 543. The van der Waals surface area contributed by atoms with Gasteiger partial charge in [0.2, 0.25) is 0 Å².